The van der Waals surface area contributed by atoms with Crippen LogP contribution in [0.4, 0.5) is 0 Å². The van der Waals surface area contributed by atoms with Crippen LogP contribution in [0.15, 0.2) is 24.3 Å². The molecule has 2 N–H and O–H groups in total. The van der Waals surface area contributed by atoms with Crippen LogP contribution in [0.2, 0.25) is 0 Å². The minimum absolute atomic E-state index is 0.0406. The van der Waals surface area contributed by atoms with Crippen molar-refractivity contribution in [3.05, 3.63) is 35.4 Å². The summed E-state index contributed by atoms with van der Waals surface area (Å²) in [6, 6.07) is 8.61. The summed E-state index contributed by atoms with van der Waals surface area (Å²) >= 11 is 0. The lowest BCUT2D eigenvalue weighted by atomic mass is 9.70. The van der Waals surface area contributed by atoms with Gasteiger partial charge in [-0.3, -0.25) is 10.1 Å². The van der Waals surface area contributed by atoms with E-state index in [-0.39, 0.29) is 23.4 Å². The number of amides is 1. The van der Waals surface area contributed by atoms with Gasteiger partial charge in [0.15, 0.2) is 0 Å². The van der Waals surface area contributed by atoms with E-state index < -0.39 is 0 Å². The lowest BCUT2D eigenvalue weighted by Crippen LogP contribution is -2.47. The SMILES string of the molecule is CNC(=O)C(C)NC1c2ccccc2CCC1(C)C. The molecular weight excluding hydrogens is 236 g/mol. The minimum Gasteiger partial charge on any atom is -0.358 e. The van der Waals surface area contributed by atoms with Crippen molar-refractivity contribution < 1.29 is 4.79 Å². The van der Waals surface area contributed by atoms with E-state index in [1.54, 1.807) is 7.05 Å². The predicted octanol–water partition coefficient (Wildman–Crippen LogP) is 2.42. The molecule has 0 aliphatic heterocycles. The molecule has 0 fully saturated rings. The molecule has 0 saturated carbocycles. The third-order valence-electron chi connectivity index (χ3n) is 4.24. The first-order valence-electron chi connectivity index (χ1n) is 7.01. The summed E-state index contributed by atoms with van der Waals surface area (Å²) in [5, 5.41) is 6.21. The van der Waals surface area contributed by atoms with Crippen LogP contribution < -0.4 is 10.6 Å². The van der Waals surface area contributed by atoms with E-state index in [1.807, 2.05) is 6.92 Å². The van der Waals surface area contributed by atoms with E-state index >= 15 is 0 Å². The van der Waals surface area contributed by atoms with Gasteiger partial charge in [-0.2, -0.15) is 0 Å². The average molecular weight is 260 g/mol. The Kier molecular flexibility index (Phi) is 3.95. The standard InChI is InChI=1S/C16H24N2O/c1-11(15(19)17-4)18-14-13-8-6-5-7-12(13)9-10-16(14,2)3/h5-8,11,14,18H,9-10H2,1-4H3,(H,17,19). The highest BCUT2D eigenvalue weighted by Crippen LogP contribution is 2.43. The Balaban J connectivity index is 2.28. The maximum Gasteiger partial charge on any atom is 0.236 e. The van der Waals surface area contributed by atoms with E-state index in [1.165, 1.54) is 11.1 Å². The quantitative estimate of drug-likeness (QED) is 0.876. The fourth-order valence-corrected chi connectivity index (χ4v) is 2.92. The van der Waals surface area contributed by atoms with Crippen LogP contribution in [-0.2, 0) is 11.2 Å². The molecule has 1 aromatic carbocycles. The van der Waals surface area contributed by atoms with Crippen LogP contribution in [0.25, 0.3) is 0 Å². The molecule has 0 heterocycles. The van der Waals surface area contributed by atoms with Crippen molar-refractivity contribution in [2.45, 2.75) is 45.7 Å². The van der Waals surface area contributed by atoms with Gasteiger partial charge in [-0.1, -0.05) is 38.1 Å². The van der Waals surface area contributed by atoms with E-state index in [0.29, 0.717) is 0 Å². The number of carbonyl (C=O) groups excluding carboxylic acids is 1. The molecule has 104 valence electrons. The first-order chi connectivity index (χ1) is 8.95. The maximum absolute atomic E-state index is 11.7. The van der Waals surface area contributed by atoms with Gasteiger partial charge in [-0.15, -0.1) is 0 Å². The molecule has 0 aromatic heterocycles. The number of likely N-dealkylation sites (N-methyl/N-ethyl adjacent to an activating group) is 1. The zero-order valence-corrected chi connectivity index (χ0v) is 12.3. The molecule has 1 aromatic rings. The summed E-state index contributed by atoms with van der Waals surface area (Å²) in [6.45, 7) is 6.47. The molecule has 0 radical (unpaired) electrons. The van der Waals surface area contributed by atoms with Crippen molar-refractivity contribution in [1.29, 1.82) is 0 Å². The molecule has 3 heteroatoms. The van der Waals surface area contributed by atoms with Gasteiger partial charge in [0.05, 0.1) is 6.04 Å². The van der Waals surface area contributed by atoms with E-state index in [4.69, 9.17) is 0 Å². The van der Waals surface area contributed by atoms with Crippen LogP contribution in [0.3, 0.4) is 0 Å². The zero-order chi connectivity index (χ0) is 14.0. The summed E-state index contributed by atoms with van der Waals surface area (Å²) in [5.41, 5.74) is 2.91. The Labute approximate surface area is 115 Å². The molecule has 1 aliphatic carbocycles. The van der Waals surface area contributed by atoms with Crippen LogP contribution in [0.5, 0.6) is 0 Å². The van der Waals surface area contributed by atoms with Crippen molar-refractivity contribution in [1.82, 2.24) is 10.6 Å². The van der Waals surface area contributed by atoms with Gasteiger partial charge in [0.1, 0.15) is 0 Å². The fraction of sp³-hybridized carbons (Fsp3) is 0.562. The number of rotatable bonds is 3. The molecule has 1 amide bonds. The highest BCUT2D eigenvalue weighted by atomic mass is 16.2. The number of aryl methyl sites for hydroxylation is 1. The third kappa shape index (κ3) is 2.81. The lowest BCUT2D eigenvalue weighted by molar-refractivity contribution is -0.122. The zero-order valence-electron chi connectivity index (χ0n) is 12.3. The van der Waals surface area contributed by atoms with Crippen molar-refractivity contribution in [3.63, 3.8) is 0 Å². The van der Waals surface area contributed by atoms with E-state index in [2.05, 4.69) is 48.7 Å². The number of hydrogen-bond donors (Lipinski definition) is 2. The minimum atomic E-state index is -0.180. The summed E-state index contributed by atoms with van der Waals surface area (Å²) in [7, 11) is 1.68. The second kappa shape index (κ2) is 5.33. The number of benzene rings is 1. The van der Waals surface area contributed by atoms with Gasteiger partial charge in [-0.05, 0) is 36.3 Å². The molecule has 2 rings (SSSR count). The normalized spacial score (nSPS) is 22.4. The van der Waals surface area contributed by atoms with Gasteiger partial charge in [0.2, 0.25) is 5.91 Å². The smallest absolute Gasteiger partial charge is 0.236 e. The Hall–Kier alpha value is -1.35. The summed E-state index contributed by atoms with van der Waals surface area (Å²) in [5.74, 6) is 0.0406. The van der Waals surface area contributed by atoms with Gasteiger partial charge < -0.3 is 5.32 Å². The van der Waals surface area contributed by atoms with Gasteiger partial charge in [0, 0.05) is 13.1 Å². The number of fused-ring (bicyclic) bond motifs is 1. The topological polar surface area (TPSA) is 41.1 Å². The molecule has 2 atom stereocenters. The molecule has 0 spiro atoms. The Morgan fingerprint density at radius 3 is 2.74 bits per heavy atom. The Bertz CT molecular complexity index is 468. The maximum atomic E-state index is 11.7. The van der Waals surface area contributed by atoms with Crippen molar-refractivity contribution >= 4 is 5.91 Å². The lowest BCUT2D eigenvalue weighted by Gasteiger charge is -2.41. The second-order valence-corrected chi connectivity index (χ2v) is 6.12. The highest BCUT2D eigenvalue weighted by Gasteiger charge is 2.36. The average Bonchev–Trinajstić information content (AvgIpc) is 2.41. The van der Waals surface area contributed by atoms with Crippen LogP contribution >= 0.6 is 0 Å². The van der Waals surface area contributed by atoms with Crippen LogP contribution in [-0.4, -0.2) is 19.0 Å². The largest absolute Gasteiger partial charge is 0.358 e. The molecule has 0 saturated heterocycles. The van der Waals surface area contributed by atoms with Gasteiger partial charge in [0.25, 0.3) is 0 Å². The second-order valence-electron chi connectivity index (χ2n) is 6.12. The van der Waals surface area contributed by atoms with Crippen LogP contribution in [0.1, 0.15) is 44.4 Å². The summed E-state index contributed by atoms with van der Waals surface area (Å²) in [6.07, 6.45) is 2.26. The molecule has 0 bridgehead atoms. The number of hydrogen-bond acceptors (Lipinski definition) is 2. The van der Waals surface area contributed by atoms with Crippen molar-refractivity contribution in [3.8, 4) is 0 Å². The van der Waals surface area contributed by atoms with E-state index in [0.717, 1.165) is 12.8 Å². The molecule has 3 nitrogen and oxygen atoms in total. The summed E-state index contributed by atoms with van der Waals surface area (Å²) < 4.78 is 0. The number of nitrogens with one attached hydrogen (secondary N) is 2. The molecular formula is C16H24N2O. The monoisotopic (exact) mass is 260 g/mol. The van der Waals surface area contributed by atoms with Crippen molar-refractivity contribution in [2.24, 2.45) is 5.41 Å². The molecule has 1 aliphatic rings. The van der Waals surface area contributed by atoms with E-state index in [9.17, 15) is 4.79 Å². The van der Waals surface area contributed by atoms with Gasteiger partial charge >= 0.3 is 0 Å². The molecule has 19 heavy (non-hydrogen) atoms. The van der Waals surface area contributed by atoms with Crippen LogP contribution in [0, 0.1) is 5.41 Å². The fourth-order valence-electron chi connectivity index (χ4n) is 2.92. The predicted molar refractivity (Wildman–Crippen MR) is 77.9 cm³/mol. The van der Waals surface area contributed by atoms with Crippen molar-refractivity contribution in [2.75, 3.05) is 7.05 Å². The first-order valence-corrected chi connectivity index (χ1v) is 7.01. The summed E-state index contributed by atoms with van der Waals surface area (Å²) in [4.78, 5) is 11.7. The molecule has 2 unspecified atom stereocenters. The number of carbonyl (C=O) groups is 1. The highest BCUT2D eigenvalue weighted by molar-refractivity contribution is 5.81. The Morgan fingerprint density at radius 1 is 1.37 bits per heavy atom. The third-order valence-corrected chi connectivity index (χ3v) is 4.24. The first kappa shape index (κ1) is 14.1. The Morgan fingerprint density at radius 2 is 2.05 bits per heavy atom. The van der Waals surface area contributed by atoms with Gasteiger partial charge in [-0.25, -0.2) is 0 Å².